The topological polar surface area (TPSA) is 57.7 Å². The van der Waals surface area contributed by atoms with Gasteiger partial charge in [0.05, 0.1) is 6.54 Å². The van der Waals surface area contributed by atoms with E-state index < -0.39 is 0 Å². The first-order valence-electron chi connectivity index (χ1n) is 6.77. The van der Waals surface area contributed by atoms with Gasteiger partial charge in [-0.05, 0) is 19.8 Å². The smallest absolute Gasteiger partial charge is 0.312 e. The second kappa shape index (κ2) is 4.74. The van der Waals surface area contributed by atoms with Gasteiger partial charge in [0.1, 0.15) is 6.54 Å². The van der Waals surface area contributed by atoms with Gasteiger partial charge in [0.2, 0.25) is 0 Å². The van der Waals surface area contributed by atoms with Crippen LogP contribution in [0.25, 0.3) is 0 Å². The highest BCUT2D eigenvalue weighted by Gasteiger charge is 2.44. The lowest BCUT2D eigenvalue weighted by Crippen LogP contribution is -2.37. The van der Waals surface area contributed by atoms with E-state index in [1.807, 2.05) is 19.1 Å². The van der Waals surface area contributed by atoms with Gasteiger partial charge >= 0.3 is 6.03 Å². The van der Waals surface area contributed by atoms with E-state index >= 15 is 0 Å². The molecular weight excluding hydrogens is 256 g/mol. The van der Waals surface area contributed by atoms with Crippen LogP contribution in [0.1, 0.15) is 28.8 Å². The van der Waals surface area contributed by atoms with Crippen LogP contribution in [-0.4, -0.2) is 46.7 Å². The Balaban J connectivity index is 1.70. The fourth-order valence-electron chi connectivity index (χ4n) is 2.36. The van der Waals surface area contributed by atoms with E-state index in [0.717, 1.165) is 23.3 Å². The highest BCUT2D eigenvalue weighted by molar-refractivity contribution is 6.08. The maximum atomic E-state index is 12.1. The van der Waals surface area contributed by atoms with Gasteiger partial charge in [-0.2, -0.15) is 0 Å². The van der Waals surface area contributed by atoms with E-state index in [0.29, 0.717) is 5.56 Å². The monoisotopic (exact) mass is 272 g/mol. The van der Waals surface area contributed by atoms with E-state index in [-0.39, 0.29) is 36.9 Å². The number of urea groups is 1. The summed E-state index contributed by atoms with van der Waals surface area (Å²) in [6, 6.07) is 7.01. The number of carbonyl (C=O) groups is 3. The van der Waals surface area contributed by atoms with Crippen molar-refractivity contribution in [2.24, 2.45) is 0 Å². The van der Waals surface area contributed by atoms with Gasteiger partial charge < -0.3 is 4.90 Å². The van der Waals surface area contributed by atoms with Crippen molar-refractivity contribution in [2.75, 3.05) is 13.1 Å². The number of hydrogen-bond acceptors (Lipinski definition) is 3. The molecule has 3 amide bonds. The number of imide groups is 1. The maximum Gasteiger partial charge on any atom is 0.327 e. The molecule has 2 fully saturated rings. The molecule has 0 unspecified atom stereocenters. The van der Waals surface area contributed by atoms with Crippen LogP contribution in [0.4, 0.5) is 4.79 Å². The predicted molar refractivity (Wildman–Crippen MR) is 72.3 cm³/mol. The minimum atomic E-state index is -0.321. The Bertz CT molecular complexity index is 575. The standard InChI is InChI=1S/C15H16N2O3/c1-10-2-4-11(5-3-10)13(18)8-17-14(19)9-16(15(17)20)12-6-7-12/h2-5,12H,6-9H2,1H3. The molecule has 2 aliphatic rings. The summed E-state index contributed by atoms with van der Waals surface area (Å²) in [4.78, 5) is 38.7. The molecule has 104 valence electrons. The molecule has 20 heavy (non-hydrogen) atoms. The van der Waals surface area contributed by atoms with Crippen molar-refractivity contribution in [3.63, 3.8) is 0 Å². The zero-order valence-corrected chi connectivity index (χ0v) is 11.3. The lowest BCUT2D eigenvalue weighted by molar-refractivity contribution is -0.125. The minimum absolute atomic E-state index is 0.116. The fraction of sp³-hybridized carbons (Fsp3) is 0.400. The molecule has 0 spiro atoms. The first-order chi connectivity index (χ1) is 9.56. The number of rotatable bonds is 4. The van der Waals surface area contributed by atoms with Crippen LogP contribution in [0.5, 0.6) is 0 Å². The van der Waals surface area contributed by atoms with E-state index in [4.69, 9.17) is 0 Å². The van der Waals surface area contributed by atoms with Crippen LogP contribution >= 0.6 is 0 Å². The molecule has 5 heteroatoms. The first kappa shape index (κ1) is 12.8. The molecule has 0 bridgehead atoms. The number of carbonyl (C=O) groups excluding carboxylic acids is 3. The molecule has 5 nitrogen and oxygen atoms in total. The Hall–Kier alpha value is -2.17. The lowest BCUT2D eigenvalue weighted by atomic mass is 10.1. The van der Waals surface area contributed by atoms with Crippen molar-refractivity contribution in [1.82, 2.24) is 9.80 Å². The molecule has 1 saturated heterocycles. The van der Waals surface area contributed by atoms with Crippen molar-refractivity contribution < 1.29 is 14.4 Å². The summed E-state index contributed by atoms with van der Waals surface area (Å²) in [5.74, 6) is -0.480. The third-order valence-electron chi connectivity index (χ3n) is 3.75. The van der Waals surface area contributed by atoms with E-state index in [9.17, 15) is 14.4 Å². The van der Waals surface area contributed by atoms with Crippen molar-refractivity contribution in [3.8, 4) is 0 Å². The lowest BCUT2D eigenvalue weighted by Gasteiger charge is -2.15. The third kappa shape index (κ3) is 2.31. The predicted octanol–water partition coefficient (Wildman–Crippen LogP) is 1.60. The SMILES string of the molecule is Cc1ccc(C(=O)CN2C(=O)CN(C3CC3)C2=O)cc1. The van der Waals surface area contributed by atoms with Gasteiger partial charge in [-0.3, -0.25) is 14.5 Å². The minimum Gasteiger partial charge on any atom is -0.312 e. The van der Waals surface area contributed by atoms with Gasteiger partial charge in [-0.1, -0.05) is 29.8 Å². The van der Waals surface area contributed by atoms with Crippen LogP contribution in [0.2, 0.25) is 0 Å². The van der Waals surface area contributed by atoms with E-state index in [1.54, 1.807) is 17.0 Å². The van der Waals surface area contributed by atoms with Crippen LogP contribution in [0.3, 0.4) is 0 Å². The summed E-state index contributed by atoms with van der Waals surface area (Å²) < 4.78 is 0. The van der Waals surface area contributed by atoms with Gasteiger partial charge in [0.15, 0.2) is 5.78 Å². The van der Waals surface area contributed by atoms with Gasteiger partial charge in [-0.25, -0.2) is 4.79 Å². The Labute approximate surface area is 117 Å². The third-order valence-corrected chi connectivity index (χ3v) is 3.75. The molecule has 3 rings (SSSR count). The van der Waals surface area contributed by atoms with Crippen molar-refractivity contribution >= 4 is 17.7 Å². The normalized spacial score (nSPS) is 18.9. The van der Waals surface area contributed by atoms with Gasteiger partial charge in [0, 0.05) is 11.6 Å². The van der Waals surface area contributed by atoms with Crippen LogP contribution < -0.4 is 0 Å². The van der Waals surface area contributed by atoms with Crippen molar-refractivity contribution in [1.29, 1.82) is 0 Å². The van der Waals surface area contributed by atoms with Crippen LogP contribution in [0.15, 0.2) is 24.3 Å². The van der Waals surface area contributed by atoms with Crippen molar-refractivity contribution in [2.45, 2.75) is 25.8 Å². The average molecular weight is 272 g/mol. The number of benzene rings is 1. The maximum absolute atomic E-state index is 12.1. The summed E-state index contributed by atoms with van der Waals surface area (Å²) >= 11 is 0. The van der Waals surface area contributed by atoms with Crippen LogP contribution in [0, 0.1) is 6.92 Å². The molecule has 0 aromatic heterocycles. The molecule has 1 aromatic rings. The Morgan fingerprint density at radius 3 is 2.45 bits per heavy atom. The number of ketones is 1. The van der Waals surface area contributed by atoms with Crippen LogP contribution in [-0.2, 0) is 4.79 Å². The van der Waals surface area contributed by atoms with E-state index in [1.165, 1.54) is 0 Å². The average Bonchev–Trinajstić information content (AvgIpc) is 3.22. The quantitative estimate of drug-likeness (QED) is 0.618. The number of amides is 3. The number of aryl methyl sites for hydroxylation is 1. The summed E-state index contributed by atoms with van der Waals surface area (Å²) in [5, 5.41) is 0. The zero-order valence-electron chi connectivity index (χ0n) is 11.3. The highest BCUT2D eigenvalue weighted by Crippen LogP contribution is 2.30. The number of nitrogens with zero attached hydrogens (tertiary/aromatic N) is 2. The van der Waals surface area contributed by atoms with E-state index in [2.05, 4.69) is 0 Å². The molecular formula is C15H16N2O3. The van der Waals surface area contributed by atoms with Gasteiger partial charge in [-0.15, -0.1) is 0 Å². The molecule has 1 aliphatic heterocycles. The second-order valence-corrected chi connectivity index (χ2v) is 5.41. The molecule has 0 atom stereocenters. The summed E-state index contributed by atoms with van der Waals surface area (Å²) in [7, 11) is 0. The summed E-state index contributed by atoms with van der Waals surface area (Å²) in [6.07, 6.45) is 1.91. The Kier molecular flexibility index (Phi) is 3.04. The molecule has 1 saturated carbocycles. The molecule has 1 aliphatic carbocycles. The largest absolute Gasteiger partial charge is 0.327 e. The Morgan fingerprint density at radius 1 is 1.20 bits per heavy atom. The molecule has 1 aromatic carbocycles. The Morgan fingerprint density at radius 2 is 1.85 bits per heavy atom. The molecule has 0 radical (unpaired) electrons. The summed E-state index contributed by atoms with van der Waals surface area (Å²) in [5.41, 5.74) is 1.59. The molecule has 1 heterocycles. The zero-order chi connectivity index (χ0) is 14.3. The fourth-order valence-corrected chi connectivity index (χ4v) is 2.36. The van der Waals surface area contributed by atoms with Gasteiger partial charge in [0.25, 0.3) is 5.91 Å². The molecule has 0 N–H and O–H groups in total. The first-order valence-corrected chi connectivity index (χ1v) is 6.77. The second-order valence-electron chi connectivity index (χ2n) is 5.41. The summed E-state index contributed by atoms with van der Waals surface area (Å²) in [6.45, 7) is 1.89. The number of hydrogen-bond donors (Lipinski definition) is 0. The van der Waals surface area contributed by atoms with Crippen molar-refractivity contribution in [3.05, 3.63) is 35.4 Å². The number of Topliss-reactive ketones (excluding diaryl/α,β-unsaturated/α-hetero) is 1. The highest BCUT2D eigenvalue weighted by atomic mass is 16.2.